The van der Waals surface area contributed by atoms with E-state index in [-0.39, 0.29) is 5.41 Å². The zero-order valence-electron chi connectivity index (χ0n) is 25.9. The Morgan fingerprint density at radius 3 is 1.09 bits per heavy atom. The third-order valence-corrected chi connectivity index (χ3v) is 10.0. The largest absolute Gasteiger partial charge is 0.0725 e. The predicted molar refractivity (Wildman–Crippen MR) is 182 cm³/mol. The molecule has 0 fully saturated rings. The Hall–Kier alpha value is -4.68. The average molecular weight is 553 g/mol. The van der Waals surface area contributed by atoms with Crippen LogP contribution in [0, 0.1) is 41.5 Å². The summed E-state index contributed by atoms with van der Waals surface area (Å²) in [5, 5.41) is 0. The highest BCUT2D eigenvalue weighted by molar-refractivity contribution is 5.97. The Morgan fingerprint density at radius 1 is 0.349 bits per heavy atom. The Morgan fingerprint density at radius 2 is 0.698 bits per heavy atom. The standard InChI is InChI=1S/C43H36/c1-25-19-27(3)41(28(4)20-25)31-15-17-35-36-18-16-32(42-29(5)21-26(2)22-30(42)6)24-40(36)43(39(35)23-31)37-13-9-7-11-33(37)34-12-8-10-14-38(34)43/h7-24H,1-6H3. The van der Waals surface area contributed by atoms with Gasteiger partial charge in [0.25, 0.3) is 0 Å². The van der Waals surface area contributed by atoms with Gasteiger partial charge >= 0.3 is 0 Å². The molecule has 2 aliphatic carbocycles. The molecule has 0 aromatic heterocycles. The fourth-order valence-electron chi connectivity index (χ4n) is 8.72. The van der Waals surface area contributed by atoms with Crippen LogP contribution in [0.25, 0.3) is 44.5 Å². The Bertz CT molecular complexity index is 1940. The first-order chi connectivity index (χ1) is 20.8. The zero-order valence-corrected chi connectivity index (χ0v) is 25.9. The molecule has 0 heteroatoms. The molecule has 0 aliphatic heterocycles. The van der Waals surface area contributed by atoms with E-state index >= 15 is 0 Å². The maximum atomic E-state index is 2.51. The smallest absolute Gasteiger partial charge is 0.0619 e. The van der Waals surface area contributed by atoms with Crippen molar-refractivity contribution < 1.29 is 0 Å². The van der Waals surface area contributed by atoms with Crippen molar-refractivity contribution >= 4 is 0 Å². The van der Waals surface area contributed by atoms with Crippen molar-refractivity contribution in [3.05, 3.63) is 165 Å². The maximum Gasteiger partial charge on any atom is 0.0725 e. The van der Waals surface area contributed by atoms with Gasteiger partial charge in [0.15, 0.2) is 0 Å². The average Bonchev–Trinajstić information content (AvgIpc) is 3.43. The lowest BCUT2D eigenvalue weighted by molar-refractivity contribution is 0.794. The molecule has 0 radical (unpaired) electrons. The van der Waals surface area contributed by atoms with Crippen LogP contribution in [-0.2, 0) is 5.41 Å². The second-order valence-corrected chi connectivity index (χ2v) is 12.9. The molecule has 0 saturated carbocycles. The van der Waals surface area contributed by atoms with Crippen molar-refractivity contribution in [2.45, 2.75) is 47.0 Å². The molecule has 0 heterocycles. The van der Waals surface area contributed by atoms with E-state index in [0.29, 0.717) is 0 Å². The summed E-state index contributed by atoms with van der Waals surface area (Å²) < 4.78 is 0. The minimum absolute atomic E-state index is 0.372. The molecule has 8 rings (SSSR count). The highest BCUT2D eigenvalue weighted by atomic mass is 14.5. The van der Waals surface area contributed by atoms with Crippen LogP contribution in [0.4, 0.5) is 0 Å². The number of aryl methyl sites for hydroxylation is 6. The summed E-state index contributed by atoms with van der Waals surface area (Å²) in [5.74, 6) is 0. The van der Waals surface area contributed by atoms with E-state index in [1.165, 1.54) is 100 Å². The third-order valence-electron chi connectivity index (χ3n) is 10.0. The lowest BCUT2D eigenvalue weighted by Crippen LogP contribution is -2.26. The quantitative estimate of drug-likeness (QED) is 0.200. The van der Waals surface area contributed by atoms with Crippen molar-refractivity contribution in [3.8, 4) is 44.5 Å². The SMILES string of the molecule is Cc1cc(C)c(-c2ccc3c(c2)C2(c4ccccc4-c4ccccc42)c2cc(-c4c(C)cc(C)cc4C)ccc2-3)c(C)c1. The van der Waals surface area contributed by atoms with Gasteiger partial charge in [0, 0.05) is 0 Å². The van der Waals surface area contributed by atoms with Crippen LogP contribution >= 0.6 is 0 Å². The van der Waals surface area contributed by atoms with Gasteiger partial charge in [-0.05, 0) is 143 Å². The highest BCUT2D eigenvalue weighted by Gasteiger charge is 2.51. The summed E-state index contributed by atoms with van der Waals surface area (Å²) in [7, 11) is 0. The molecule has 6 aromatic carbocycles. The van der Waals surface area contributed by atoms with Crippen LogP contribution < -0.4 is 0 Å². The Kier molecular flexibility index (Phi) is 5.53. The summed E-state index contributed by atoms with van der Waals surface area (Å²) in [6.07, 6.45) is 0. The molecule has 0 bridgehead atoms. The second kappa shape index (κ2) is 9.16. The van der Waals surface area contributed by atoms with Crippen LogP contribution in [0.1, 0.15) is 55.6 Å². The van der Waals surface area contributed by atoms with Crippen molar-refractivity contribution in [2.24, 2.45) is 0 Å². The molecule has 0 nitrogen and oxygen atoms in total. The third kappa shape index (κ3) is 3.50. The van der Waals surface area contributed by atoms with Gasteiger partial charge < -0.3 is 0 Å². The Labute approximate surface area is 255 Å². The van der Waals surface area contributed by atoms with Gasteiger partial charge in [-0.1, -0.05) is 108 Å². The number of benzene rings is 6. The maximum absolute atomic E-state index is 2.51. The topological polar surface area (TPSA) is 0 Å². The number of hydrogen-bond acceptors (Lipinski definition) is 0. The summed E-state index contributed by atoms with van der Waals surface area (Å²) in [6.45, 7) is 13.4. The monoisotopic (exact) mass is 552 g/mol. The first kappa shape index (κ1) is 26.0. The summed E-state index contributed by atoms with van der Waals surface area (Å²) in [4.78, 5) is 0. The van der Waals surface area contributed by atoms with E-state index in [0.717, 1.165) is 0 Å². The highest BCUT2D eigenvalue weighted by Crippen LogP contribution is 2.63. The number of hydrogen-bond donors (Lipinski definition) is 0. The molecular formula is C43H36. The molecule has 0 N–H and O–H groups in total. The van der Waals surface area contributed by atoms with E-state index in [2.05, 4.69) is 151 Å². The molecule has 2 aliphatic rings. The van der Waals surface area contributed by atoms with Crippen molar-refractivity contribution in [1.82, 2.24) is 0 Å². The van der Waals surface area contributed by atoms with Gasteiger partial charge in [-0.3, -0.25) is 0 Å². The van der Waals surface area contributed by atoms with Crippen molar-refractivity contribution in [1.29, 1.82) is 0 Å². The van der Waals surface area contributed by atoms with E-state index in [4.69, 9.17) is 0 Å². The molecule has 1 spiro atoms. The summed E-state index contributed by atoms with van der Waals surface area (Å²) >= 11 is 0. The minimum atomic E-state index is -0.372. The second-order valence-electron chi connectivity index (χ2n) is 12.9. The Balaban J connectivity index is 1.48. The molecule has 43 heavy (non-hydrogen) atoms. The van der Waals surface area contributed by atoms with Gasteiger partial charge in [0.2, 0.25) is 0 Å². The van der Waals surface area contributed by atoms with Gasteiger partial charge in [-0.15, -0.1) is 0 Å². The van der Waals surface area contributed by atoms with Crippen LogP contribution in [0.5, 0.6) is 0 Å². The van der Waals surface area contributed by atoms with Gasteiger partial charge in [-0.25, -0.2) is 0 Å². The molecule has 208 valence electrons. The number of rotatable bonds is 2. The van der Waals surface area contributed by atoms with Crippen molar-refractivity contribution in [2.75, 3.05) is 0 Å². The van der Waals surface area contributed by atoms with Crippen LogP contribution in [-0.4, -0.2) is 0 Å². The van der Waals surface area contributed by atoms with Crippen molar-refractivity contribution in [3.63, 3.8) is 0 Å². The van der Waals surface area contributed by atoms with E-state index in [1.807, 2.05) is 0 Å². The van der Waals surface area contributed by atoms with E-state index in [1.54, 1.807) is 0 Å². The lowest BCUT2D eigenvalue weighted by atomic mass is 9.69. The first-order valence-corrected chi connectivity index (χ1v) is 15.4. The van der Waals surface area contributed by atoms with E-state index in [9.17, 15) is 0 Å². The first-order valence-electron chi connectivity index (χ1n) is 15.4. The van der Waals surface area contributed by atoms with Gasteiger partial charge in [0.1, 0.15) is 0 Å². The van der Waals surface area contributed by atoms with Crippen LogP contribution in [0.15, 0.2) is 109 Å². The predicted octanol–water partition coefficient (Wildman–Crippen LogP) is 11.2. The van der Waals surface area contributed by atoms with Crippen LogP contribution in [0.3, 0.4) is 0 Å². The van der Waals surface area contributed by atoms with E-state index < -0.39 is 0 Å². The molecule has 0 atom stereocenters. The minimum Gasteiger partial charge on any atom is -0.0619 e. The summed E-state index contributed by atoms with van der Waals surface area (Å²) in [5.41, 5.74) is 23.9. The normalized spacial score (nSPS) is 13.5. The molecular weight excluding hydrogens is 516 g/mol. The molecule has 6 aromatic rings. The lowest BCUT2D eigenvalue weighted by Gasteiger charge is -2.31. The molecule has 0 saturated heterocycles. The van der Waals surface area contributed by atoms with Crippen LogP contribution in [0.2, 0.25) is 0 Å². The summed E-state index contributed by atoms with van der Waals surface area (Å²) in [6, 6.07) is 42.0. The molecule has 0 unspecified atom stereocenters. The molecule has 0 amide bonds. The van der Waals surface area contributed by atoms with Gasteiger partial charge in [-0.2, -0.15) is 0 Å². The number of fused-ring (bicyclic) bond motifs is 10. The fourth-order valence-corrected chi connectivity index (χ4v) is 8.72. The van der Waals surface area contributed by atoms with Gasteiger partial charge in [0.05, 0.1) is 5.41 Å². The zero-order chi connectivity index (χ0) is 29.6. The fraction of sp³-hybridized carbons (Fsp3) is 0.163.